The zero-order valence-electron chi connectivity index (χ0n) is 17.0. The van der Waals surface area contributed by atoms with Crippen molar-refractivity contribution in [2.45, 2.75) is 57.3 Å². The van der Waals surface area contributed by atoms with Gasteiger partial charge in [0.05, 0.1) is 0 Å². The van der Waals surface area contributed by atoms with Crippen molar-refractivity contribution in [1.82, 2.24) is 14.8 Å². The van der Waals surface area contributed by atoms with E-state index in [2.05, 4.69) is 21.3 Å². The Morgan fingerprint density at radius 1 is 1.07 bits per heavy atom. The van der Waals surface area contributed by atoms with Crippen LogP contribution in [-0.2, 0) is 17.9 Å². The predicted octanol–water partition coefficient (Wildman–Crippen LogP) is 3.81. The van der Waals surface area contributed by atoms with Gasteiger partial charge < -0.3 is 10.2 Å². The standard InChI is InChI=1S/C23H29FN4O/c1-25-23-18(8-6-13-26-23)15-27-14-12-21-20(27)10-4-5-11-22(29)28(21)16-17-7-2-3-9-19(17)24/h2-3,6-9,13,20-21H,4-5,10-12,14-16H2,1H3,(H,25,26)/t20-,21+/m1/s1. The number of nitrogens with zero attached hydrogens (tertiary/aromatic N) is 3. The van der Waals surface area contributed by atoms with Crippen molar-refractivity contribution >= 4 is 11.7 Å². The van der Waals surface area contributed by atoms with Crippen LogP contribution in [0.15, 0.2) is 42.6 Å². The van der Waals surface area contributed by atoms with E-state index in [1.54, 1.807) is 18.3 Å². The smallest absolute Gasteiger partial charge is 0.223 e. The molecule has 1 N–H and O–H groups in total. The molecule has 1 aromatic heterocycles. The Morgan fingerprint density at radius 2 is 1.90 bits per heavy atom. The topological polar surface area (TPSA) is 48.5 Å². The van der Waals surface area contributed by atoms with Crippen LogP contribution in [0.1, 0.15) is 43.2 Å². The van der Waals surface area contributed by atoms with E-state index in [-0.39, 0.29) is 17.8 Å². The second-order valence-electron chi connectivity index (χ2n) is 8.01. The van der Waals surface area contributed by atoms with Crippen LogP contribution in [0.25, 0.3) is 0 Å². The first kappa shape index (κ1) is 19.8. The van der Waals surface area contributed by atoms with Gasteiger partial charge in [-0.3, -0.25) is 9.69 Å². The van der Waals surface area contributed by atoms with Crippen LogP contribution in [0.4, 0.5) is 10.2 Å². The van der Waals surface area contributed by atoms with E-state index in [1.165, 1.54) is 11.6 Å². The number of pyridine rings is 1. The molecule has 0 aliphatic carbocycles. The molecule has 2 saturated heterocycles. The number of anilines is 1. The molecule has 0 radical (unpaired) electrons. The van der Waals surface area contributed by atoms with Crippen LogP contribution >= 0.6 is 0 Å². The van der Waals surface area contributed by atoms with Crippen LogP contribution in [-0.4, -0.2) is 46.4 Å². The number of amides is 1. The first-order valence-corrected chi connectivity index (χ1v) is 10.6. The molecule has 0 unspecified atom stereocenters. The summed E-state index contributed by atoms with van der Waals surface area (Å²) in [5.74, 6) is 0.825. The highest BCUT2D eigenvalue weighted by molar-refractivity contribution is 5.76. The van der Waals surface area contributed by atoms with Crippen molar-refractivity contribution in [3.8, 4) is 0 Å². The molecule has 0 spiro atoms. The number of carbonyl (C=O) groups excluding carboxylic acids is 1. The molecule has 0 saturated carbocycles. The van der Waals surface area contributed by atoms with Gasteiger partial charge in [-0.15, -0.1) is 0 Å². The first-order chi connectivity index (χ1) is 14.2. The molecule has 6 heteroatoms. The molecule has 29 heavy (non-hydrogen) atoms. The molecule has 2 aliphatic heterocycles. The summed E-state index contributed by atoms with van der Waals surface area (Å²) in [6, 6.07) is 11.3. The number of benzene rings is 1. The lowest BCUT2D eigenvalue weighted by Gasteiger charge is -2.37. The molecule has 1 amide bonds. The number of fused-ring (bicyclic) bond motifs is 1. The minimum atomic E-state index is -0.234. The zero-order valence-corrected chi connectivity index (χ0v) is 17.0. The molecular weight excluding hydrogens is 367 g/mol. The second kappa shape index (κ2) is 8.91. The quantitative estimate of drug-likeness (QED) is 0.835. The number of likely N-dealkylation sites (tertiary alicyclic amines) is 2. The predicted molar refractivity (Wildman–Crippen MR) is 112 cm³/mol. The van der Waals surface area contributed by atoms with Gasteiger partial charge in [0.2, 0.25) is 5.91 Å². The third-order valence-electron chi connectivity index (χ3n) is 6.29. The highest BCUT2D eigenvalue weighted by Gasteiger charge is 2.40. The number of halogens is 1. The van der Waals surface area contributed by atoms with Crippen molar-refractivity contribution in [3.63, 3.8) is 0 Å². The van der Waals surface area contributed by atoms with Crippen LogP contribution in [0.2, 0.25) is 0 Å². The summed E-state index contributed by atoms with van der Waals surface area (Å²) in [5, 5.41) is 3.17. The summed E-state index contributed by atoms with van der Waals surface area (Å²) in [6.45, 7) is 2.11. The molecule has 1 aromatic carbocycles. The largest absolute Gasteiger partial charge is 0.373 e. The Balaban J connectivity index is 1.56. The zero-order chi connectivity index (χ0) is 20.2. The summed E-state index contributed by atoms with van der Waals surface area (Å²) in [6.07, 6.45) is 6.32. The van der Waals surface area contributed by atoms with Crippen molar-refractivity contribution in [2.24, 2.45) is 0 Å². The van der Waals surface area contributed by atoms with Crippen molar-refractivity contribution in [1.29, 1.82) is 0 Å². The van der Waals surface area contributed by atoms with Gasteiger partial charge >= 0.3 is 0 Å². The molecule has 3 heterocycles. The molecule has 2 aliphatic rings. The van der Waals surface area contributed by atoms with Crippen LogP contribution in [0.3, 0.4) is 0 Å². The highest BCUT2D eigenvalue weighted by Crippen LogP contribution is 2.33. The number of rotatable bonds is 5. The maximum Gasteiger partial charge on any atom is 0.223 e. The van der Waals surface area contributed by atoms with E-state index in [4.69, 9.17) is 0 Å². The third kappa shape index (κ3) is 4.27. The van der Waals surface area contributed by atoms with Crippen molar-refractivity contribution in [3.05, 3.63) is 59.5 Å². The Bertz CT molecular complexity index is 858. The molecule has 4 rings (SSSR count). The Morgan fingerprint density at radius 3 is 2.72 bits per heavy atom. The summed E-state index contributed by atoms with van der Waals surface area (Å²) >= 11 is 0. The average molecular weight is 397 g/mol. The Hall–Kier alpha value is -2.47. The van der Waals surface area contributed by atoms with Crippen LogP contribution in [0.5, 0.6) is 0 Å². The lowest BCUT2D eigenvalue weighted by molar-refractivity contribution is -0.135. The van der Waals surface area contributed by atoms with E-state index in [0.717, 1.165) is 44.6 Å². The van der Waals surface area contributed by atoms with Gasteiger partial charge in [-0.1, -0.05) is 30.7 Å². The van der Waals surface area contributed by atoms with E-state index >= 15 is 0 Å². The number of hydrogen-bond donors (Lipinski definition) is 1. The van der Waals surface area contributed by atoms with Crippen LogP contribution in [0, 0.1) is 5.82 Å². The van der Waals surface area contributed by atoms with E-state index in [0.29, 0.717) is 24.6 Å². The minimum absolute atomic E-state index is 0.136. The highest BCUT2D eigenvalue weighted by atomic mass is 19.1. The lowest BCUT2D eigenvalue weighted by atomic mass is 9.96. The summed E-state index contributed by atoms with van der Waals surface area (Å²) in [4.78, 5) is 21.8. The van der Waals surface area contributed by atoms with Crippen molar-refractivity contribution in [2.75, 3.05) is 18.9 Å². The van der Waals surface area contributed by atoms with Gasteiger partial charge in [-0.05, 0) is 31.4 Å². The summed E-state index contributed by atoms with van der Waals surface area (Å²) in [7, 11) is 1.89. The molecule has 2 fully saturated rings. The summed E-state index contributed by atoms with van der Waals surface area (Å²) in [5.41, 5.74) is 1.77. The van der Waals surface area contributed by atoms with Gasteiger partial charge in [0.25, 0.3) is 0 Å². The maximum absolute atomic E-state index is 14.3. The Labute approximate surface area is 171 Å². The van der Waals surface area contributed by atoms with Gasteiger partial charge in [-0.2, -0.15) is 0 Å². The Kier molecular flexibility index (Phi) is 6.09. The summed E-state index contributed by atoms with van der Waals surface area (Å²) < 4.78 is 14.3. The van der Waals surface area contributed by atoms with Gasteiger partial charge in [-0.25, -0.2) is 9.37 Å². The fraction of sp³-hybridized carbons (Fsp3) is 0.478. The first-order valence-electron chi connectivity index (χ1n) is 10.6. The van der Waals surface area contributed by atoms with E-state index in [1.807, 2.05) is 24.1 Å². The molecule has 5 nitrogen and oxygen atoms in total. The number of nitrogens with one attached hydrogen (secondary N) is 1. The van der Waals surface area contributed by atoms with Gasteiger partial charge in [0, 0.05) is 62.5 Å². The van der Waals surface area contributed by atoms with E-state index in [9.17, 15) is 9.18 Å². The number of aromatic nitrogens is 1. The maximum atomic E-state index is 14.3. The van der Waals surface area contributed by atoms with Gasteiger partial charge in [0.15, 0.2) is 0 Å². The average Bonchev–Trinajstić information content (AvgIpc) is 3.11. The van der Waals surface area contributed by atoms with Gasteiger partial charge in [0.1, 0.15) is 11.6 Å². The normalized spacial score (nSPS) is 22.8. The molecule has 154 valence electrons. The molecular formula is C23H29FN4O. The number of carbonyl (C=O) groups is 1. The monoisotopic (exact) mass is 396 g/mol. The fourth-order valence-electron chi connectivity index (χ4n) is 4.82. The van der Waals surface area contributed by atoms with Crippen LogP contribution < -0.4 is 5.32 Å². The minimum Gasteiger partial charge on any atom is -0.373 e. The van der Waals surface area contributed by atoms with E-state index < -0.39 is 0 Å². The SMILES string of the molecule is CNc1ncccc1CN1CC[C@H]2[C@H]1CCCCC(=O)N2Cc1ccccc1F. The molecule has 2 aromatic rings. The molecule has 0 bridgehead atoms. The number of hydrogen-bond acceptors (Lipinski definition) is 4. The third-order valence-corrected chi connectivity index (χ3v) is 6.29. The lowest BCUT2D eigenvalue weighted by Crippen LogP contribution is -2.48. The fourth-order valence-corrected chi connectivity index (χ4v) is 4.82. The second-order valence-corrected chi connectivity index (χ2v) is 8.01. The molecule has 2 atom stereocenters. The van der Waals surface area contributed by atoms with Crippen molar-refractivity contribution < 1.29 is 9.18 Å².